The molecule has 0 saturated heterocycles. The standard InChI is InChI=1S/C17H14ClF2IN2O3/c18-11-6-10(16(25)23-26-17(8-24)3-4-17)15(7-12(11)19)22-14-2-1-9(21)5-13(14)20/h1-2,5-7,22,24H,3-4,8H2,(H,23,25). The van der Waals surface area contributed by atoms with Crippen molar-refractivity contribution >= 4 is 51.5 Å². The van der Waals surface area contributed by atoms with E-state index >= 15 is 0 Å². The van der Waals surface area contributed by atoms with Gasteiger partial charge in [0.05, 0.1) is 28.6 Å². The smallest absolute Gasteiger partial charge is 0.277 e. The minimum atomic E-state index is -0.769. The largest absolute Gasteiger partial charge is 0.393 e. The van der Waals surface area contributed by atoms with Crippen molar-refractivity contribution in [1.82, 2.24) is 5.48 Å². The van der Waals surface area contributed by atoms with Gasteiger partial charge in [-0.1, -0.05) is 11.6 Å². The van der Waals surface area contributed by atoms with Crippen LogP contribution in [-0.2, 0) is 4.84 Å². The van der Waals surface area contributed by atoms with Gasteiger partial charge in [0.15, 0.2) is 0 Å². The van der Waals surface area contributed by atoms with Gasteiger partial charge in [-0.15, -0.1) is 0 Å². The molecule has 0 atom stereocenters. The Bertz CT molecular complexity index is 862. The van der Waals surface area contributed by atoms with Crippen LogP contribution < -0.4 is 10.8 Å². The number of carbonyl (C=O) groups is 1. The number of amides is 1. The number of hydrogen-bond donors (Lipinski definition) is 3. The lowest BCUT2D eigenvalue weighted by Crippen LogP contribution is -2.33. The molecule has 1 aliphatic carbocycles. The minimum Gasteiger partial charge on any atom is -0.393 e. The fraction of sp³-hybridized carbons (Fsp3) is 0.235. The summed E-state index contributed by atoms with van der Waals surface area (Å²) in [6.07, 6.45) is 1.24. The summed E-state index contributed by atoms with van der Waals surface area (Å²) < 4.78 is 28.6. The molecular formula is C17H14ClF2IN2O3. The molecular weight excluding hydrogens is 481 g/mol. The molecule has 0 unspecified atom stereocenters. The number of anilines is 2. The van der Waals surface area contributed by atoms with Crippen molar-refractivity contribution in [3.8, 4) is 0 Å². The van der Waals surface area contributed by atoms with Crippen LogP contribution in [-0.4, -0.2) is 23.2 Å². The molecule has 9 heteroatoms. The van der Waals surface area contributed by atoms with E-state index in [0.29, 0.717) is 16.4 Å². The fourth-order valence-corrected chi connectivity index (χ4v) is 2.83. The lowest BCUT2D eigenvalue weighted by atomic mass is 10.1. The molecule has 1 amide bonds. The van der Waals surface area contributed by atoms with E-state index in [-0.39, 0.29) is 28.6 Å². The first-order valence-corrected chi connectivity index (χ1v) is 9.09. The fourth-order valence-electron chi connectivity index (χ4n) is 2.22. The first kappa shape index (κ1) is 19.3. The molecule has 3 rings (SSSR count). The monoisotopic (exact) mass is 494 g/mol. The van der Waals surface area contributed by atoms with Crippen LogP contribution in [0.1, 0.15) is 23.2 Å². The normalized spacial score (nSPS) is 14.8. The number of benzene rings is 2. The maximum absolute atomic E-state index is 14.1. The Kier molecular flexibility index (Phi) is 5.66. The summed E-state index contributed by atoms with van der Waals surface area (Å²) in [5, 5.41) is 11.7. The van der Waals surface area contributed by atoms with Crippen molar-refractivity contribution in [1.29, 1.82) is 0 Å². The molecule has 2 aromatic rings. The van der Waals surface area contributed by atoms with E-state index in [4.69, 9.17) is 16.4 Å². The molecule has 0 heterocycles. The summed E-state index contributed by atoms with van der Waals surface area (Å²) in [6.45, 7) is -0.226. The first-order chi connectivity index (χ1) is 12.3. The van der Waals surface area contributed by atoms with Crippen LogP contribution in [0.4, 0.5) is 20.2 Å². The molecule has 0 aromatic heterocycles. The van der Waals surface area contributed by atoms with Crippen LogP contribution in [0.2, 0.25) is 5.02 Å². The van der Waals surface area contributed by atoms with Crippen LogP contribution >= 0.6 is 34.2 Å². The molecule has 1 saturated carbocycles. The van der Waals surface area contributed by atoms with Crippen LogP contribution in [0.15, 0.2) is 30.3 Å². The molecule has 1 aliphatic rings. The van der Waals surface area contributed by atoms with E-state index in [1.807, 2.05) is 22.6 Å². The summed E-state index contributed by atoms with van der Waals surface area (Å²) in [4.78, 5) is 17.6. The SMILES string of the molecule is O=C(NOC1(CO)CC1)c1cc(Cl)c(F)cc1Nc1ccc(I)cc1F. The molecule has 0 radical (unpaired) electrons. The zero-order valence-corrected chi connectivity index (χ0v) is 16.2. The number of halogens is 4. The van der Waals surface area contributed by atoms with Gasteiger partial charge in [-0.25, -0.2) is 14.3 Å². The Labute approximate surface area is 166 Å². The summed E-state index contributed by atoms with van der Waals surface area (Å²) in [5.41, 5.74) is 1.55. The zero-order valence-electron chi connectivity index (χ0n) is 13.3. The Morgan fingerprint density at radius 2 is 1.96 bits per heavy atom. The predicted molar refractivity (Wildman–Crippen MR) is 101 cm³/mol. The molecule has 26 heavy (non-hydrogen) atoms. The predicted octanol–water partition coefficient (Wildman–Crippen LogP) is 4.15. The highest BCUT2D eigenvalue weighted by molar-refractivity contribution is 14.1. The lowest BCUT2D eigenvalue weighted by molar-refractivity contribution is -0.0566. The average molecular weight is 495 g/mol. The number of hydroxylamine groups is 1. The van der Waals surface area contributed by atoms with Crippen molar-refractivity contribution in [2.24, 2.45) is 0 Å². The van der Waals surface area contributed by atoms with Crippen LogP contribution in [0, 0.1) is 15.2 Å². The van der Waals surface area contributed by atoms with Gasteiger partial charge in [-0.3, -0.25) is 9.63 Å². The average Bonchev–Trinajstić information content (AvgIpc) is 3.39. The van der Waals surface area contributed by atoms with Gasteiger partial charge in [0, 0.05) is 3.57 Å². The minimum absolute atomic E-state index is 0.0249. The molecule has 0 aliphatic heterocycles. The molecule has 2 aromatic carbocycles. The van der Waals surface area contributed by atoms with Crippen LogP contribution in [0.25, 0.3) is 0 Å². The summed E-state index contributed by atoms with van der Waals surface area (Å²) in [7, 11) is 0. The maximum atomic E-state index is 14.1. The Morgan fingerprint density at radius 3 is 2.58 bits per heavy atom. The maximum Gasteiger partial charge on any atom is 0.277 e. The van der Waals surface area contributed by atoms with Crippen LogP contribution in [0.3, 0.4) is 0 Å². The van der Waals surface area contributed by atoms with Crippen molar-refractivity contribution in [2.45, 2.75) is 18.4 Å². The number of aliphatic hydroxyl groups excluding tert-OH is 1. The molecule has 138 valence electrons. The van der Waals surface area contributed by atoms with E-state index in [9.17, 15) is 18.7 Å². The van der Waals surface area contributed by atoms with Gasteiger partial charge < -0.3 is 10.4 Å². The highest BCUT2D eigenvalue weighted by Gasteiger charge is 2.45. The Morgan fingerprint density at radius 1 is 1.23 bits per heavy atom. The third-order valence-corrected chi connectivity index (χ3v) is 4.92. The third kappa shape index (κ3) is 4.25. The summed E-state index contributed by atoms with van der Waals surface area (Å²) in [6, 6.07) is 6.58. The number of nitrogens with one attached hydrogen (secondary N) is 2. The number of hydrogen-bond acceptors (Lipinski definition) is 4. The molecule has 1 fully saturated rings. The van der Waals surface area contributed by atoms with Crippen LogP contribution in [0.5, 0.6) is 0 Å². The van der Waals surface area contributed by atoms with Crippen molar-refractivity contribution in [3.63, 3.8) is 0 Å². The molecule has 0 bridgehead atoms. The van der Waals surface area contributed by atoms with E-state index in [1.165, 1.54) is 12.1 Å². The molecule has 5 nitrogen and oxygen atoms in total. The molecule has 3 N–H and O–H groups in total. The third-order valence-electron chi connectivity index (χ3n) is 3.96. The van der Waals surface area contributed by atoms with E-state index in [2.05, 4.69) is 10.8 Å². The van der Waals surface area contributed by atoms with Gasteiger partial charge in [-0.2, -0.15) is 0 Å². The van der Waals surface area contributed by atoms with E-state index in [1.54, 1.807) is 6.07 Å². The molecule has 0 spiro atoms. The van der Waals surface area contributed by atoms with E-state index in [0.717, 1.165) is 12.1 Å². The highest BCUT2D eigenvalue weighted by atomic mass is 127. The van der Waals surface area contributed by atoms with Gasteiger partial charge in [0.2, 0.25) is 0 Å². The second-order valence-corrected chi connectivity index (χ2v) is 7.59. The number of carbonyl (C=O) groups excluding carboxylic acids is 1. The van der Waals surface area contributed by atoms with Gasteiger partial charge in [0.25, 0.3) is 5.91 Å². The number of aliphatic hydroxyl groups is 1. The highest BCUT2D eigenvalue weighted by Crippen LogP contribution is 2.38. The zero-order chi connectivity index (χ0) is 18.9. The lowest BCUT2D eigenvalue weighted by Gasteiger charge is -2.16. The Hall–Kier alpha value is -1.49. The van der Waals surface area contributed by atoms with Gasteiger partial charge in [-0.05, 0) is 65.8 Å². The quantitative estimate of drug-likeness (QED) is 0.417. The summed E-state index contributed by atoms with van der Waals surface area (Å²) >= 11 is 7.74. The summed E-state index contributed by atoms with van der Waals surface area (Å²) in [5.74, 6) is -2.00. The van der Waals surface area contributed by atoms with Crippen molar-refractivity contribution in [3.05, 3.63) is 56.1 Å². The number of rotatable bonds is 6. The van der Waals surface area contributed by atoms with E-state index < -0.39 is 23.1 Å². The van der Waals surface area contributed by atoms with Crippen molar-refractivity contribution < 1.29 is 23.5 Å². The first-order valence-electron chi connectivity index (χ1n) is 7.64. The van der Waals surface area contributed by atoms with Gasteiger partial charge in [0.1, 0.15) is 17.2 Å². The second kappa shape index (κ2) is 7.63. The van der Waals surface area contributed by atoms with Gasteiger partial charge >= 0.3 is 0 Å². The second-order valence-electron chi connectivity index (χ2n) is 5.94. The van der Waals surface area contributed by atoms with Crippen molar-refractivity contribution in [2.75, 3.05) is 11.9 Å². The Balaban J connectivity index is 1.86. The topological polar surface area (TPSA) is 70.6 Å².